The second-order valence-corrected chi connectivity index (χ2v) is 11.8. The van der Waals surface area contributed by atoms with Gasteiger partial charge in [0.05, 0.1) is 13.0 Å². The summed E-state index contributed by atoms with van der Waals surface area (Å²) < 4.78 is 11.1. The Morgan fingerprint density at radius 3 is 1.50 bits per heavy atom. The fourth-order valence-corrected chi connectivity index (χ4v) is 6.31. The van der Waals surface area contributed by atoms with Crippen molar-refractivity contribution in [3.63, 3.8) is 0 Å². The molecule has 3 nitrogen and oxygen atoms in total. The summed E-state index contributed by atoms with van der Waals surface area (Å²) >= 11 is 0. The van der Waals surface area contributed by atoms with Crippen LogP contribution in [0, 0.1) is 17.8 Å². The van der Waals surface area contributed by atoms with Crippen molar-refractivity contribution in [2.75, 3.05) is 7.11 Å². The number of rotatable bonds is 7. The molecule has 3 aromatic rings. The summed E-state index contributed by atoms with van der Waals surface area (Å²) in [6.45, 7) is 9.00. The summed E-state index contributed by atoms with van der Waals surface area (Å²) in [5, 5.41) is 0. The van der Waals surface area contributed by atoms with Crippen LogP contribution in [0.3, 0.4) is 0 Å². The van der Waals surface area contributed by atoms with Crippen molar-refractivity contribution in [1.82, 2.24) is 0 Å². The fourth-order valence-electron chi connectivity index (χ4n) is 6.31. The topological polar surface area (TPSA) is 35.5 Å². The van der Waals surface area contributed by atoms with Gasteiger partial charge in [-0.25, -0.2) is 0 Å². The number of fused-ring (bicyclic) bond motifs is 2. The number of esters is 1. The molecule has 36 heavy (non-hydrogen) atoms. The number of hydrogen-bond donors (Lipinski definition) is 0. The van der Waals surface area contributed by atoms with E-state index in [1.54, 1.807) is 7.11 Å². The van der Waals surface area contributed by atoms with Crippen molar-refractivity contribution in [3.8, 4) is 11.5 Å². The monoisotopic (exact) mass is 482 g/mol. The van der Waals surface area contributed by atoms with Gasteiger partial charge in [-0.2, -0.15) is 0 Å². The number of carbonyl (C=O) groups is 1. The van der Waals surface area contributed by atoms with Crippen molar-refractivity contribution in [1.29, 1.82) is 0 Å². The zero-order chi connectivity index (χ0) is 25.5. The predicted octanol–water partition coefficient (Wildman–Crippen LogP) is 7.69. The van der Waals surface area contributed by atoms with Gasteiger partial charge in [0.25, 0.3) is 0 Å². The smallest absolute Gasteiger partial charge is 0.314 e. The lowest BCUT2D eigenvalue weighted by atomic mass is 9.74. The lowest BCUT2D eigenvalue weighted by Gasteiger charge is -2.29. The van der Waals surface area contributed by atoms with Crippen molar-refractivity contribution in [3.05, 3.63) is 95.1 Å². The maximum absolute atomic E-state index is 12.7. The highest BCUT2D eigenvalue weighted by atomic mass is 16.5. The summed E-state index contributed by atoms with van der Waals surface area (Å²) in [7, 11) is 1.69. The lowest BCUT2D eigenvalue weighted by Crippen LogP contribution is -2.25. The van der Waals surface area contributed by atoms with Crippen LogP contribution in [-0.2, 0) is 15.6 Å². The van der Waals surface area contributed by atoms with E-state index in [0.29, 0.717) is 11.7 Å². The third kappa shape index (κ3) is 4.56. The first-order chi connectivity index (χ1) is 17.2. The molecule has 3 aromatic carbocycles. The minimum atomic E-state index is -0.171. The molecule has 5 rings (SSSR count). The van der Waals surface area contributed by atoms with Gasteiger partial charge < -0.3 is 9.47 Å². The highest BCUT2D eigenvalue weighted by molar-refractivity contribution is 5.76. The number of hydrogen-bond acceptors (Lipinski definition) is 3. The first-order valence-corrected chi connectivity index (χ1v) is 13.3. The molecular formula is C33H38O3. The molecule has 0 amide bonds. The molecule has 2 saturated carbocycles. The molecule has 2 aliphatic carbocycles. The molecule has 0 saturated heterocycles. The van der Waals surface area contributed by atoms with Crippen LogP contribution in [0.1, 0.15) is 75.6 Å². The van der Waals surface area contributed by atoms with Crippen molar-refractivity contribution < 1.29 is 14.3 Å². The molecule has 2 bridgehead atoms. The maximum Gasteiger partial charge on any atom is 0.314 e. The van der Waals surface area contributed by atoms with E-state index < -0.39 is 0 Å². The van der Waals surface area contributed by atoms with Crippen LogP contribution >= 0.6 is 0 Å². The van der Waals surface area contributed by atoms with Gasteiger partial charge in [-0.3, -0.25) is 4.79 Å². The molecule has 0 spiro atoms. The Morgan fingerprint density at radius 2 is 1.11 bits per heavy atom. The largest absolute Gasteiger partial charge is 0.497 e. The quantitative estimate of drug-likeness (QED) is 0.256. The number of carbonyl (C=O) groups excluding carboxylic acids is 1. The molecule has 0 N–H and O–H groups in total. The molecule has 2 aliphatic rings. The van der Waals surface area contributed by atoms with Crippen LogP contribution in [-0.4, -0.2) is 13.1 Å². The highest BCUT2D eigenvalue weighted by Gasteiger charge is 2.44. The fraction of sp³-hybridized carbons (Fsp3) is 0.424. The minimum Gasteiger partial charge on any atom is -0.497 e. The Morgan fingerprint density at radius 1 is 0.667 bits per heavy atom. The zero-order valence-corrected chi connectivity index (χ0v) is 22.2. The molecule has 3 unspecified atom stereocenters. The molecule has 188 valence electrons. The van der Waals surface area contributed by atoms with Crippen molar-refractivity contribution >= 4 is 5.97 Å². The van der Waals surface area contributed by atoms with Crippen LogP contribution < -0.4 is 9.47 Å². The predicted molar refractivity (Wildman–Crippen MR) is 145 cm³/mol. The molecule has 0 radical (unpaired) electrons. The SMILES string of the molecule is COc1ccc(C(C)(C)c2ccc(C(C)(C)c3ccc(OC(=O)C4CC5CCC4C5)cc3)cc2)cc1. The van der Waals surface area contributed by atoms with E-state index in [9.17, 15) is 4.79 Å². The second kappa shape index (κ2) is 9.42. The normalized spacial score (nSPS) is 21.4. The first-order valence-electron chi connectivity index (χ1n) is 13.3. The molecule has 0 aliphatic heterocycles. The summed E-state index contributed by atoms with van der Waals surface area (Å²) in [5.41, 5.74) is 4.70. The van der Waals surface area contributed by atoms with E-state index >= 15 is 0 Å². The maximum atomic E-state index is 12.7. The van der Waals surface area contributed by atoms with E-state index in [4.69, 9.17) is 9.47 Å². The van der Waals surface area contributed by atoms with Crippen molar-refractivity contribution in [2.45, 2.75) is 64.2 Å². The molecule has 3 heteroatoms. The van der Waals surface area contributed by atoms with Gasteiger partial charge >= 0.3 is 5.97 Å². The molecular weight excluding hydrogens is 444 g/mol. The summed E-state index contributed by atoms with van der Waals surface area (Å²) in [6.07, 6.45) is 4.70. The molecule has 0 heterocycles. The van der Waals surface area contributed by atoms with Crippen molar-refractivity contribution in [2.24, 2.45) is 17.8 Å². The molecule has 3 atom stereocenters. The van der Waals surface area contributed by atoms with E-state index in [1.165, 1.54) is 41.5 Å². The van der Waals surface area contributed by atoms with Gasteiger partial charge in [-0.05, 0) is 77.6 Å². The van der Waals surface area contributed by atoms with Gasteiger partial charge in [0.2, 0.25) is 0 Å². The Balaban J connectivity index is 1.28. The van der Waals surface area contributed by atoms with Crippen LogP contribution in [0.15, 0.2) is 72.8 Å². The highest BCUT2D eigenvalue weighted by Crippen LogP contribution is 2.48. The van der Waals surface area contributed by atoms with Gasteiger partial charge in [0, 0.05) is 10.8 Å². The Bertz CT molecular complexity index is 1200. The van der Waals surface area contributed by atoms with Crippen LogP contribution in [0.2, 0.25) is 0 Å². The van der Waals surface area contributed by atoms with Gasteiger partial charge in [-0.15, -0.1) is 0 Å². The third-order valence-electron chi connectivity index (χ3n) is 8.98. The first kappa shape index (κ1) is 24.6. The number of ether oxygens (including phenoxy) is 2. The van der Waals surface area contributed by atoms with Gasteiger partial charge in [-0.1, -0.05) is 82.6 Å². The van der Waals surface area contributed by atoms with Crippen LogP contribution in [0.25, 0.3) is 0 Å². The van der Waals surface area contributed by atoms with Gasteiger partial charge in [0.15, 0.2) is 0 Å². The Labute approximate surface area is 215 Å². The van der Waals surface area contributed by atoms with E-state index in [-0.39, 0.29) is 22.7 Å². The summed E-state index contributed by atoms with van der Waals surface area (Å²) in [5.74, 6) is 2.86. The average molecular weight is 483 g/mol. The van der Waals surface area contributed by atoms with E-state index in [0.717, 1.165) is 18.1 Å². The lowest BCUT2D eigenvalue weighted by molar-refractivity contribution is -0.140. The number of benzene rings is 3. The van der Waals surface area contributed by atoms with Crippen LogP contribution in [0.4, 0.5) is 0 Å². The van der Waals surface area contributed by atoms with Crippen LogP contribution in [0.5, 0.6) is 11.5 Å². The summed E-state index contributed by atoms with van der Waals surface area (Å²) in [6, 6.07) is 25.4. The standard InChI is InChI=1S/C33H38O3/c1-32(2,26-12-16-28(35-5)17-13-26)24-8-10-25(11-9-24)33(3,4)27-14-18-29(19-15-27)36-31(34)30-21-22-6-7-23(30)20-22/h8-19,22-23,30H,6-7,20-21H2,1-5H3. The average Bonchev–Trinajstić information content (AvgIpc) is 3.53. The minimum absolute atomic E-state index is 0.0377. The molecule has 2 fully saturated rings. The number of methoxy groups -OCH3 is 1. The Kier molecular flexibility index (Phi) is 6.44. The summed E-state index contributed by atoms with van der Waals surface area (Å²) in [4.78, 5) is 12.7. The zero-order valence-electron chi connectivity index (χ0n) is 22.2. The second-order valence-electron chi connectivity index (χ2n) is 11.8. The van der Waals surface area contributed by atoms with E-state index in [2.05, 4.69) is 76.2 Å². The Hall–Kier alpha value is -3.07. The third-order valence-corrected chi connectivity index (χ3v) is 8.98. The van der Waals surface area contributed by atoms with E-state index in [1.807, 2.05) is 24.3 Å². The molecule has 0 aromatic heterocycles. The van der Waals surface area contributed by atoms with Gasteiger partial charge in [0.1, 0.15) is 11.5 Å².